The van der Waals surface area contributed by atoms with Crippen LogP contribution in [0.3, 0.4) is 0 Å². The highest BCUT2D eigenvalue weighted by Gasteiger charge is 2.30. The third kappa shape index (κ3) is 54.0. The standard InChI is InChI=1S/C61H118O17P2/c1-8-10-11-12-18-28-35-42-58(63)71-48-57(78-61(66)45-38-31-24-23-26-33-40-53(5)6)51-76-80(69,70)74-47-55(62)46-73-79(67,68)75-50-56(49-72-59(64)43-36-29-22-17-19-25-32-39-52(3)4)77-60(65)44-37-30-21-16-14-13-15-20-27-34-41-54(7)9-2/h52-57,62H,8-51H2,1-7H3,(H,67,68)(H,69,70)/t54?,55-,56-,57-/m1/s1. The molecule has 6 atom stereocenters. The van der Waals surface area contributed by atoms with Gasteiger partial charge in [-0.3, -0.25) is 37.3 Å². The Hall–Kier alpha value is -1.94. The van der Waals surface area contributed by atoms with Crippen molar-refractivity contribution in [1.29, 1.82) is 0 Å². The van der Waals surface area contributed by atoms with Crippen molar-refractivity contribution in [3.05, 3.63) is 0 Å². The summed E-state index contributed by atoms with van der Waals surface area (Å²) < 4.78 is 67.7. The molecule has 0 aromatic heterocycles. The summed E-state index contributed by atoms with van der Waals surface area (Å²) >= 11 is 0. The SMILES string of the molecule is CCCCCCCCCC(=O)OC[C@H](COP(=O)(O)OC[C@H](O)COP(=O)(O)OC[C@@H](COC(=O)CCCCCCCCCC(C)C)OC(=O)CCCCCCCCCCCCC(C)CC)OC(=O)CCCCCCCCC(C)C. The molecule has 0 fully saturated rings. The molecule has 0 aliphatic carbocycles. The van der Waals surface area contributed by atoms with Crippen molar-refractivity contribution in [3.8, 4) is 0 Å². The predicted octanol–water partition coefficient (Wildman–Crippen LogP) is 16.3. The van der Waals surface area contributed by atoms with E-state index < -0.39 is 97.5 Å². The molecule has 3 N–H and O–H groups in total. The number of aliphatic hydroxyl groups is 1. The van der Waals surface area contributed by atoms with Gasteiger partial charge in [0.25, 0.3) is 0 Å². The second-order valence-electron chi connectivity index (χ2n) is 23.3. The molecular formula is C61H118O17P2. The number of esters is 4. The summed E-state index contributed by atoms with van der Waals surface area (Å²) in [4.78, 5) is 71.9. The van der Waals surface area contributed by atoms with Crippen LogP contribution in [0.1, 0.15) is 292 Å². The molecule has 0 aromatic rings. The highest BCUT2D eigenvalue weighted by Crippen LogP contribution is 2.45. The Morgan fingerprint density at radius 1 is 0.362 bits per heavy atom. The van der Waals surface area contributed by atoms with Crippen molar-refractivity contribution >= 4 is 39.5 Å². The van der Waals surface area contributed by atoms with Gasteiger partial charge in [-0.2, -0.15) is 0 Å². The number of carbonyl (C=O) groups is 4. The minimum absolute atomic E-state index is 0.101. The largest absolute Gasteiger partial charge is 0.472 e. The minimum atomic E-state index is -4.94. The van der Waals surface area contributed by atoms with Crippen LogP contribution in [-0.2, 0) is 65.4 Å². The lowest BCUT2D eigenvalue weighted by atomic mass is 9.99. The highest BCUT2D eigenvalue weighted by molar-refractivity contribution is 7.47. The molecule has 0 rings (SSSR count). The first-order valence-corrected chi connectivity index (χ1v) is 34.9. The molecule has 0 spiro atoms. The molecule has 0 radical (unpaired) electrons. The molecule has 474 valence electrons. The van der Waals surface area contributed by atoms with Gasteiger partial charge < -0.3 is 33.8 Å². The van der Waals surface area contributed by atoms with Crippen molar-refractivity contribution < 1.29 is 80.2 Å². The van der Waals surface area contributed by atoms with Crippen molar-refractivity contribution in [2.75, 3.05) is 39.6 Å². The van der Waals surface area contributed by atoms with Crippen LogP contribution in [-0.4, -0.2) is 96.7 Å². The number of aliphatic hydroxyl groups excluding tert-OH is 1. The van der Waals surface area contributed by atoms with E-state index in [0.717, 1.165) is 115 Å². The first-order chi connectivity index (χ1) is 38.3. The Bertz CT molecular complexity index is 1600. The molecule has 0 aliphatic rings. The number of hydrogen-bond acceptors (Lipinski definition) is 15. The number of ether oxygens (including phenoxy) is 4. The summed E-state index contributed by atoms with van der Waals surface area (Å²) in [6.07, 6.45) is 32.4. The van der Waals surface area contributed by atoms with Crippen LogP contribution in [0.2, 0.25) is 0 Å². The maximum absolute atomic E-state index is 12.9. The van der Waals surface area contributed by atoms with Gasteiger partial charge in [0, 0.05) is 25.7 Å². The van der Waals surface area contributed by atoms with E-state index in [9.17, 15) is 43.2 Å². The van der Waals surface area contributed by atoms with E-state index in [1.165, 1.54) is 83.5 Å². The lowest BCUT2D eigenvalue weighted by molar-refractivity contribution is -0.161. The monoisotopic (exact) mass is 1180 g/mol. The zero-order chi connectivity index (χ0) is 59.5. The van der Waals surface area contributed by atoms with E-state index in [2.05, 4.69) is 48.5 Å². The van der Waals surface area contributed by atoms with Gasteiger partial charge in [-0.15, -0.1) is 0 Å². The number of phosphoric acid groups is 2. The van der Waals surface area contributed by atoms with E-state index in [1.807, 2.05) is 0 Å². The van der Waals surface area contributed by atoms with Gasteiger partial charge in [0.15, 0.2) is 12.2 Å². The number of carbonyl (C=O) groups excluding carboxylic acids is 4. The second kappa shape index (κ2) is 52.6. The molecule has 0 heterocycles. The third-order valence-corrected chi connectivity index (χ3v) is 16.1. The summed E-state index contributed by atoms with van der Waals surface area (Å²) in [6.45, 7) is 11.6. The summed E-state index contributed by atoms with van der Waals surface area (Å²) in [6, 6.07) is 0. The van der Waals surface area contributed by atoms with E-state index in [-0.39, 0.29) is 25.7 Å². The van der Waals surface area contributed by atoms with E-state index in [4.69, 9.17) is 37.0 Å². The lowest BCUT2D eigenvalue weighted by Gasteiger charge is -2.21. The first-order valence-electron chi connectivity index (χ1n) is 31.9. The summed E-state index contributed by atoms with van der Waals surface area (Å²) in [5, 5.41) is 10.5. The quantitative estimate of drug-likeness (QED) is 0.0222. The fourth-order valence-corrected chi connectivity index (χ4v) is 10.5. The Morgan fingerprint density at radius 3 is 0.950 bits per heavy atom. The predicted molar refractivity (Wildman–Crippen MR) is 317 cm³/mol. The van der Waals surface area contributed by atoms with E-state index in [1.54, 1.807) is 0 Å². The van der Waals surface area contributed by atoms with Gasteiger partial charge in [-0.25, -0.2) is 9.13 Å². The van der Waals surface area contributed by atoms with Crippen LogP contribution in [0.25, 0.3) is 0 Å². The Labute approximate surface area is 486 Å². The molecule has 0 aromatic carbocycles. The van der Waals surface area contributed by atoms with Crippen LogP contribution < -0.4 is 0 Å². The second-order valence-corrected chi connectivity index (χ2v) is 26.2. The van der Waals surface area contributed by atoms with Crippen LogP contribution in [0, 0.1) is 17.8 Å². The number of phosphoric ester groups is 2. The molecule has 0 saturated heterocycles. The molecule has 0 aliphatic heterocycles. The van der Waals surface area contributed by atoms with Gasteiger partial charge in [0.05, 0.1) is 26.4 Å². The topological polar surface area (TPSA) is 237 Å². The smallest absolute Gasteiger partial charge is 0.462 e. The highest BCUT2D eigenvalue weighted by atomic mass is 31.2. The summed E-state index contributed by atoms with van der Waals surface area (Å²) in [5.41, 5.74) is 0. The number of rotatable bonds is 59. The summed E-state index contributed by atoms with van der Waals surface area (Å²) in [7, 11) is -9.88. The van der Waals surface area contributed by atoms with Crippen LogP contribution in [0.5, 0.6) is 0 Å². The van der Waals surface area contributed by atoms with E-state index >= 15 is 0 Å². The van der Waals surface area contributed by atoms with Crippen LogP contribution in [0.15, 0.2) is 0 Å². The molecule has 0 saturated carbocycles. The molecular weight excluding hydrogens is 1070 g/mol. The average molecular weight is 1190 g/mol. The van der Waals surface area contributed by atoms with Gasteiger partial charge in [-0.05, 0) is 43.4 Å². The zero-order valence-electron chi connectivity index (χ0n) is 51.5. The normalized spacial score (nSPS) is 14.8. The Kier molecular flexibility index (Phi) is 51.3. The number of unbranched alkanes of at least 4 members (excludes halogenated alkanes) is 26. The molecule has 17 nitrogen and oxygen atoms in total. The lowest BCUT2D eigenvalue weighted by Crippen LogP contribution is -2.30. The fraction of sp³-hybridized carbons (Fsp3) is 0.934. The van der Waals surface area contributed by atoms with Gasteiger partial charge in [-0.1, -0.05) is 241 Å². The maximum atomic E-state index is 12.9. The molecule has 0 bridgehead atoms. The van der Waals surface area contributed by atoms with Gasteiger partial charge in [0.2, 0.25) is 0 Å². The zero-order valence-corrected chi connectivity index (χ0v) is 53.3. The Morgan fingerprint density at radius 2 is 0.637 bits per heavy atom. The van der Waals surface area contributed by atoms with E-state index in [0.29, 0.717) is 37.5 Å². The van der Waals surface area contributed by atoms with Crippen LogP contribution >= 0.6 is 15.6 Å². The number of hydrogen-bond donors (Lipinski definition) is 3. The van der Waals surface area contributed by atoms with Crippen molar-refractivity contribution in [1.82, 2.24) is 0 Å². The Balaban J connectivity index is 5.22. The fourth-order valence-electron chi connectivity index (χ4n) is 8.92. The maximum Gasteiger partial charge on any atom is 0.472 e. The minimum Gasteiger partial charge on any atom is -0.462 e. The van der Waals surface area contributed by atoms with Gasteiger partial charge >= 0.3 is 39.5 Å². The van der Waals surface area contributed by atoms with Crippen molar-refractivity contribution in [2.45, 2.75) is 311 Å². The van der Waals surface area contributed by atoms with Crippen LogP contribution in [0.4, 0.5) is 0 Å². The van der Waals surface area contributed by atoms with Gasteiger partial charge in [0.1, 0.15) is 19.3 Å². The molecule has 80 heavy (non-hydrogen) atoms. The molecule has 0 amide bonds. The van der Waals surface area contributed by atoms with Crippen molar-refractivity contribution in [3.63, 3.8) is 0 Å². The molecule has 3 unspecified atom stereocenters. The first kappa shape index (κ1) is 78.1. The summed E-state index contributed by atoms with van der Waals surface area (Å²) in [5.74, 6) is 0.0288. The average Bonchev–Trinajstić information content (AvgIpc) is 3.41. The van der Waals surface area contributed by atoms with Crippen molar-refractivity contribution in [2.24, 2.45) is 17.8 Å². The molecule has 19 heteroatoms. The third-order valence-electron chi connectivity index (χ3n) is 14.2.